The van der Waals surface area contributed by atoms with Crippen molar-refractivity contribution in [2.75, 3.05) is 0 Å². The fourth-order valence-corrected chi connectivity index (χ4v) is 4.77. The van der Waals surface area contributed by atoms with Crippen LogP contribution in [-0.4, -0.2) is 24.1 Å². The van der Waals surface area contributed by atoms with Crippen LogP contribution in [0.3, 0.4) is 0 Å². The molecule has 0 aliphatic heterocycles. The third kappa shape index (κ3) is 10.6. The smallest absolute Gasteiger partial charge is 0.338 e. The van der Waals surface area contributed by atoms with Gasteiger partial charge in [0.15, 0.2) is 0 Å². The van der Waals surface area contributed by atoms with E-state index in [1.165, 1.54) is 62.5 Å². The number of rotatable bonds is 17. The fourth-order valence-electron chi connectivity index (χ4n) is 4.77. The van der Waals surface area contributed by atoms with E-state index in [2.05, 4.69) is 27.7 Å². The highest BCUT2D eigenvalue weighted by Crippen LogP contribution is 2.21. The van der Waals surface area contributed by atoms with Gasteiger partial charge in [-0.15, -0.1) is 0 Å². The Kier molecular flexibility index (Phi) is 14.2. The van der Waals surface area contributed by atoms with Crippen LogP contribution in [0.25, 0.3) is 0 Å². The number of carbonyl (C=O) groups excluding carboxylic acids is 2. The topological polar surface area (TPSA) is 52.6 Å². The summed E-state index contributed by atoms with van der Waals surface area (Å²) < 4.78 is 11.2. The molecule has 2 aromatic rings. The lowest BCUT2D eigenvalue weighted by Gasteiger charge is -2.21. The molecule has 38 heavy (non-hydrogen) atoms. The van der Waals surface area contributed by atoms with Crippen LogP contribution in [0.4, 0.5) is 0 Å². The summed E-state index contributed by atoms with van der Waals surface area (Å²) >= 11 is 0. The lowest BCUT2D eigenvalue weighted by atomic mass is 9.92. The van der Waals surface area contributed by atoms with Gasteiger partial charge in [-0.3, -0.25) is 0 Å². The minimum Gasteiger partial charge on any atom is -0.455 e. The first-order valence-corrected chi connectivity index (χ1v) is 14.9. The van der Waals surface area contributed by atoms with Crippen molar-refractivity contribution >= 4 is 11.9 Å². The summed E-state index contributed by atoms with van der Waals surface area (Å²) in [5.41, 5.74) is 3.52. The van der Waals surface area contributed by atoms with Crippen LogP contribution in [0.2, 0.25) is 0 Å². The molecule has 4 unspecified atom stereocenters. The molecule has 0 spiro atoms. The normalized spacial score (nSPS) is 14.4. The Bertz CT molecular complexity index is 868. The maximum atomic E-state index is 12.7. The highest BCUT2D eigenvalue weighted by atomic mass is 16.6. The SMILES string of the molecule is CCCCC(CC)Cc1ccc(C(=O)OC(C)C(C)OC(=O)c2ccc(CC(CC)CCCC)cc2)cc1. The number of hydrogen-bond donors (Lipinski definition) is 0. The molecule has 0 bridgehead atoms. The van der Waals surface area contributed by atoms with Crippen molar-refractivity contribution in [3.63, 3.8) is 0 Å². The maximum absolute atomic E-state index is 12.7. The van der Waals surface area contributed by atoms with E-state index >= 15 is 0 Å². The van der Waals surface area contributed by atoms with Crippen LogP contribution in [0, 0.1) is 11.8 Å². The maximum Gasteiger partial charge on any atom is 0.338 e. The Labute approximate surface area is 231 Å². The van der Waals surface area contributed by atoms with E-state index in [1.807, 2.05) is 48.5 Å². The highest BCUT2D eigenvalue weighted by molar-refractivity contribution is 5.90. The Hall–Kier alpha value is -2.62. The number of carbonyl (C=O) groups is 2. The van der Waals surface area contributed by atoms with Gasteiger partial charge in [0, 0.05) is 0 Å². The summed E-state index contributed by atoms with van der Waals surface area (Å²) in [6.45, 7) is 12.5. The summed E-state index contributed by atoms with van der Waals surface area (Å²) in [7, 11) is 0. The van der Waals surface area contributed by atoms with Gasteiger partial charge < -0.3 is 9.47 Å². The summed E-state index contributed by atoms with van der Waals surface area (Å²) in [6, 6.07) is 15.4. The third-order valence-corrected chi connectivity index (χ3v) is 7.76. The molecule has 4 atom stereocenters. The predicted molar refractivity (Wildman–Crippen MR) is 157 cm³/mol. The van der Waals surface area contributed by atoms with Gasteiger partial charge in [0.2, 0.25) is 0 Å². The van der Waals surface area contributed by atoms with Gasteiger partial charge in [0.05, 0.1) is 11.1 Å². The number of unbranched alkanes of at least 4 members (excludes halogenated alkanes) is 2. The van der Waals surface area contributed by atoms with E-state index in [0.29, 0.717) is 23.0 Å². The molecule has 0 saturated carbocycles. The van der Waals surface area contributed by atoms with Gasteiger partial charge in [0.25, 0.3) is 0 Å². The summed E-state index contributed by atoms with van der Waals surface area (Å²) in [4.78, 5) is 25.4. The third-order valence-electron chi connectivity index (χ3n) is 7.76. The Morgan fingerprint density at radius 1 is 0.605 bits per heavy atom. The van der Waals surface area contributed by atoms with E-state index in [0.717, 1.165) is 12.8 Å². The van der Waals surface area contributed by atoms with Gasteiger partial charge in [-0.1, -0.05) is 103 Å². The molecule has 4 heteroatoms. The molecule has 0 saturated heterocycles. The van der Waals surface area contributed by atoms with E-state index in [1.54, 1.807) is 13.8 Å². The molecule has 0 radical (unpaired) electrons. The number of esters is 2. The molecule has 0 aliphatic carbocycles. The standard InChI is InChI=1S/C34H50O4/c1-7-11-13-27(9-3)23-29-15-19-31(20-16-29)33(35)37-25(5)26(6)38-34(36)32-21-17-30(18-22-32)24-28(10-4)14-12-8-2/h15-22,25-28H,7-14,23-24H2,1-6H3. The van der Waals surface area contributed by atoms with E-state index in [4.69, 9.17) is 9.47 Å². The molecule has 0 amide bonds. The van der Waals surface area contributed by atoms with E-state index in [-0.39, 0.29) is 0 Å². The Morgan fingerprint density at radius 3 is 1.24 bits per heavy atom. The monoisotopic (exact) mass is 522 g/mol. The second kappa shape index (κ2) is 17.1. The van der Waals surface area contributed by atoms with Crippen molar-refractivity contribution in [2.45, 2.75) is 118 Å². The van der Waals surface area contributed by atoms with Gasteiger partial charge in [-0.2, -0.15) is 0 Å². The molecule has 2 aromatic carbocycles. The summed E-state index contributed by atoms with van der Waals surface area (Å²) in [5.74, 6) is 0.558. The quantitative estimate of drug-likeness (QED) is 0.195. The number of ether oxygens (including phenoxy) is 2. The van der Waals surface area contributed by atoms with Gasteiger partial charge >= 0.3 is 11.9 Å². The van der Waals surface area contributed by atoms with E-state index in [9.17, 15) is 9.59 Å². The average molecular weight is 523 g/mol. The number of hydrogen-bond acceptors (Lipinski definition) is 4. The van der Waals surface area contributed by atoms with Crippen LogP contribution in [0.5, 0.6) is 0 Å². The van der Waals surface area contributed by atoms with Crippen LogP contribution in [0.15, 0.2) is 48.5 Å². The first kappa shape index (κ1) is 31.6. The van der Waals surface area contributed by atoms with Crippen LogP contribution in [-0.2, 0) is 22.3 Å². The van der Waals surface area contributed by atoms with Gasteiger partial charge in [-0.25, -0.2) is 9.59 Å². The van der Waals surface area contributed by atoms with Crippen LogP contribution >= 0.6 is 0 Å². The molecule has 4 nitrogen and oxygen atoms in total. The minimum absolute atomic E-state index is 0.400. The second-order valence-corrected chi connectivity index (χ2v) is 10.9. The molecule has 0 fully saturated rings. The molecule has 2 rings (SSSR count). The lowest BCUT2D eigenvalue weighted by molar-refractivity contribution is -0.0239. The molecule has 0 heterocycles. The Balaban J connectivity index is 1.86. The predicted octanol–water partition coefficient (Wildman–Crippen LogP) is 9.00. The zero-order valence-electron chi connectivity index (χ0n) is 24.6. The van der Waals surface area contributed by atoms with Crippen LogP contribution < -0.4 is 0 Å². The highest BCUT2D eigenvalue weighted by Gasteiger charge is 2.22. The van der Waals surface area contributed by atoms with Gasteiger partial charge in [-0.05, 0) is 73.9 Å². The van der Waals surface area contributed by atoms with Crippen molar-refractivity contribution in [3.8, 4) is 0 Å². The van der Waals surface area contributed by atoms with Crippen molar-refractivity contribution in [1.82, 2.24) is 0 Å². The molecule has 0 N–H and O–H groups in total. The largest absolute Gasteiger partial charge is 0.455 e. The number of benzene rings is 2. The van der Waals surface area contributed by atoms with Crippen molar-refractivity contribution in [2.24, 2.45) is 11.8 Å². The molecular weight excluding hydrogens is 472 g/mol. The molecular formula is C34H50O4. The molecule has 0 aliphatic rings. The zero-order chi connectivity index (χ0) is 27.9. The van der Waals surface area contributed by atoms with Crippen LogP contribution in [0.1, 0.15) is 125 Å². The van der Waals surface area contributed by atoms with Crippen molar-refractivity contribution < 1.29 is 19.1 Å². The van der Waals surface area contributed by atoms with Gasteiger partial charge in [0.1, 0.15) is 12.2 Å². The zero-order valence-corrected chi connectivity index (χ0v) is 24.6. The van der Waals surface area contributed by atoms with Crippen molar-refractivity contribution in [3.05, 3.63) is 70.8 Å². The first-order chi connectivity index (χ1) is 18.3. The first-order valence-electron chi connectivity index (χ1n) is 14.9. The summed E-state index contributed by atoms with van der Waals surface area (Å²) in [6.07, 6.45) is 10.7. The Morgan fingerprint density at radius 2 is 0.947 bits per heavy atom. The summed E-state index contributed by atoms with van der Waals surface area (Å²) in [5, 5.41) is 0. The average Bonchev–Trinajstić information content (AvgIpc) is 2.93. The minimum atomic E-state index is -0.562. The van der Waals surface area contributed by atoms with Crippen molar-refractivity contribution in [1.29, 1.82) is 0 Å². The lowest BCUT2D eigenvalue weighted by Crippen LogP contribution is -2.30. The second-order valence-electron chi connectivity index (χ2n) is 10.9. The molecule has 0 aromatic heterocycles. The molecule has 210 valence electrons. The van der Waals surface area contributed by atoms with E-state index < -0.39 is 24.1 Å². The fraction of sp³-hybridized carbons (Fsp3) is 0.588.